The summed E-state index contributed by atoms with van der Waals surface area (Å²) in [6.45, 7) is 3.64. The zero-order chi connectivity index (χ0) is 22.3. The maximum atomic E-state index is 13.3. The molecule has 3 N–H and O–H groups in total. The minimum absolute atomic E-state index is 0.0792. The van der Waals surface area contributed by atoms with Crippen LogP contribution in [0.2, 0.25) is 5.02 Å². The van der Waals surface area contributed by atoms with E-state index >= 15 is 0 Å². The molecule has 2 aromatic carbocycles. The van der Waals surface area contributed by atoms with Crippen LogP contribution in [0.25, 0.3) is 16.7 Å². The number of nitrogens with zero attached hydrogens (tertiary/aromatic N) is 2. The minimum atomic E-state index is -1.11. The normalized spacial score (nSPS) is 19.0. The second-order valence-electron chi connectivity index (χ2n) is 8.06. The van der Waals surface area contributed by atoms with Crippen molar-refractivity contribution >= 4 is 23.1 Å². The second kappa shape index (κ2) is 8.26. The molecule has 1 spiro atoms. The third kappa shape index (κ3) is 3.62. The van der Waals surface area contributed by atoms with Crippen LogP contribution in [-0.4, -0.2) is 56.9 Å². The molecule has 0 unspecified atom stereocenters. The molecule has 0 aliphatic carbocycles. The number of aliphatic hydroxyl groups is 2. The number of benzene rings is 2. The molecule has 1 fully saturated rings. The Morgan fingerprint density at radius 3 is 2.19 bits per heavy atom. The van der Waals surface area contributed by atoms with E-state index in [-0.39, 0.29) is 37.3 Å². The first kappa shape index (κ1) is 21.8. The molecule has 0 aromatic heterocycles. The Kier molecular flexibility index (Phi) is 5.81. The van der Waals surface area contributed by atoms with Crippen molar-refractivity contribution < 1.29 is 25.1 Å². The Hall–Kier alpha value is -2.42. The van der Waals surface area contributed by atoms with Gasteiger partial charge < -0.3 is 15.4 Å². The highest BCUT2D eigenvalue weighted by molar-refractivity contribution is 6.30. The lowest BCUT2D eigenvalue weighted by Gasteiger charge is -2.41. The van der Waals surface area contributed by atoms with Crippen LogP contribution in [-0.2, 0) is 9.63 Å². The Balaban J connectivity index is 1.81. The molecule has 1 amide bonds. The van der Waals surface area contributed by atoms with Gasteiger partial charge in [0.2, 0.25) is 0 Å². The van der Waals surface area contributed by atoms with Crippen LogP contribution in [0, 0.1) is 13.8 Å². The first-order valence-corrected chi connectivity index (χ1v) is 10.5. The van der Waals surface area contributed by atoms with Crippen molar-refractivity contribution in [2.75, 3.05) is 19.9 Å². The summed E-state index contributed by atoms with van der Waals surface area (Å²) in [5.74, 6) is -0.576. The predicted octanol–water partition coefficient (Wildman–Crippen LogP) is 3.84. The predicted molar refractivity (Wildman–Crippen MR) is 116 cm³/mol. The zero-order valence-corrected chi connectivity index (χ0v) is 18.2. The van der Waals surface area contributed by atoms with Gasteiger partial charge in [0.25, 0.3) is 5.91 Å². The topological polar surface area (TPSA) is 93.5 Å². The highest BCUT2D eigenvalue weighted by atomic mass is 35.5. The summed E-state index contributed by atoms with van der Waals surface area (Å²) in [7, 11) is 0. The van der Waals surface area contributed by atoms with E-state index in [0.29, 0.717) is 10.6 Å². The molecule has 8 heteroatoms. The standard InChI is InChI=1S/C23H25ClN2O5/c1-14-11-17(16-3-5-18(24)6-4-16)12-15(2)19(14)20-21(28)23(7-9-25(30)10-8-23)26(22(20)29)31-13-27/h3-6,11-12,27-28,30H,7-10,13H2,1-2H3. The summed E-state index contributed by atoms with van der Waals surface area (Å²) in [4.78, 5) is 18.6. The van der Waals surface area contributed by atoms with E-state index in [9.17, 15) is 20.2 Å². The number of carbonyl (C=O) groups excluding carboxylic acids is 1. The Morgan fingerprint density at radius 1 is 1.06 bits per heavy atom. The summed E-state index contributed by atoms with van der Waals surface area (Å²) in [6, 6.07) is 11.5. The Labute approximate surface area is 185 Å². The van der Waals surface area contributed by atoms with Crippen molar-refractivity contribution in [3.05, 3.63) is 63.9 Å². The molecular formula is C23H25ClN2O5. The van der Waals surface area contributed by atoms with Crippen molar-refractivity contribution in [3.8, 4) is 11.1 Å². The van der Waals surface area contributed by atoms with E-state index in [1.165, 1.54) is 0 Å². The average Bonchev–Trinajstić information content (AvgIpc) is 2.93. The molecule has 2 heterocycles. The summed E-state index contributed by atoms with van der Waals surface area (Å²) < 4.78 is 0. The quantitative estimate of drug-likeness (QED) is 0.620. The molecule has 2 aliphatic rings. The fourth-order valence-corrected chi connectivity index (χ4v) is 4.79. The highest BCUT2D eigenvalue weighted by Gasteiger charge is 2.55. The Morgan fingerprint density at radius 2 is 1.65 bits per heavy atom. The van der Waals surface area contributed by atoms with Crippen molar-refractivity contribution in [2.45, 2.75) is 32.2 Å². The molecule has 0 radical (unpaired) electrons. The first-order valence-electron chi connectivity index (χ1n) is 10.1. The average molecular weight is 445 g/mol. The molecule has 0 saturated carbocycles. The lowest BCUT2D eigenvalue weighted by Crippen LogP contribution is -2.54. The first-order chi connectivity index (χ1) is 14.8. The van der Waals surface area contributed by atoms with Gasteiger partial charge in [-0.3, -0.25) is 4.79 Å². The van der Waals surface area contributed by atoms with Gasteiger partial charge in [0.15, 0.2) is 6.79 Å². The molecular weight excluding hydrogens is 420 g/mol. The van der Waals surface area contributed by atoms with Crippen molar-refractivity contribution in [1.29, 1.82) is 0 Å². The zero-order valence-electron chi connectivity index (χ0n) is 17.4. The highest BCUT2D eigenvalue weighted by Crippen LogP contribution is 2.46. The number of aliphatic hydroxyl groups excluding tert-OH is 2. The van der Waals surface area contributed by atoms with Crippen LogP contribution < -0.4 is 0 Å². The fourth-order valence-electron chi connectivity index (χ4n) is 4.66. The van der Waals surface area contributed by atoms with Crippen LogP contribution in [0.4, 0.5) is 0 Å². The molecule has 31 heavy (non-hydrogen) atoms. The van der Waals surface area contributed by atoms with E-state index in [1.807, 2.05) is 50.2 Å². The van der Waals surface area contributed by atoms with Crippen molar-refractivity contribution in [3.63, 3.8) is 0 Å². The maximum Gasteiger partial charge on any atom is 0.282 e. The molecule has 7 nitrogen and oxygen atoms in total. The summed E-state index contributed by atoms with van der Waals surface area (Å²) in [6.07, 6.45) is 0.567. The largest absolute Gasteiger partial charge is 0.509 e. The number of halogens is 1. The van der Waals surface area contributed by atoms with Crippen molar-refractivity contribution in [1.82, 2.24) is 10.1 Å². The monoisotopic (exact) mass is 444 g/mol. The lowest BCUT2D eigenvalue weighted by molar-refractivity contribution is -0.253. The van der Waals surface area contributed by atoms with E-state index in [0.717, 1.165) is 32.4 Å². The van der Waals surface area contributed by atoms with Crippen LogP contribution in [0.3, 0.4) is 0 Å². The van der Waals surface area contributed by atoms with Crippen LogP contribution in [0.5, 0.6) is 0 Å². The summed E-state index contributed by atoms with van der Waals surface area (Å²) in [5.41, 5.74) is 3.36. The molecule has 1 saturated heterocycles. The molecule has 4 rings (SSSR count). The number of carbonyl (C=O) groups is 1. The number of hydrogen-bond donors (Lipinski definition) is 3. The Bertz CT molecular complexity index is 1020. The smallest absolute Gasteiger partial charge is 0.282 e. The number of hydroxylamine groups is 4. The second-order valence-corrected chi connectivity index (χ2v) is 8.49. The van der Waals surface area contributed by atoms with Crippen LogP contribution >= 0.6 is 11.6 Å². The number of amides is 1. The van der Waals surface area contributed by atoms with Crippen LogP contribution in [0.1, 0.15) is 29.5 Å². The molecule has 0 bridgehead atoms. The van der Waals surface area contributed by atoms with Gasteiger partial charge in [-0.2, -0.15) is 5.06 Å². The summed E-state index contributed by atoms with van der Waals surface area (Å²) >= 11 is 6.00. The number of aryl methyl sites for hydroxylation is 2. The van der Waals surface area contributed by atoms with Gasteiger partial charge in [-0.25, -0.2) is 9.90 Å². The molecule has 0 atom stereocenters. The van der Waals surface area contributed by atoms with Gasteiger partial charge in [0, 0.05) is 18.1 Å². The fraction of sp³-hybridized carbons (Fsp3) is 0.348. The number of hydrogen-bond acceptors (Lipinski definition) is 6. The molecule has 164 valence electrons. The SMILES string of the molecule is Cc1cc(-c2ccc(Cl)cc2)cc(C)c1C1=C(O)C2(CCN(O)CC2)N(OCO)C1=O. The van der Waals surface area contributed by atoms with Crippen molar-refractivity contribution in [2.24, 2.45) is 0 Å². The third-order valence-corrected chi connectivity index (χ3v) is 6.43. The van der Waals surface area contributed by atoms with Gasteiger partial charge in [-0.1, -0.05) is 35.9 Å². The maximum absolute atomic E-state index is 13.3. The minimum Gasteiger partial charge on any atom is -0.509 e. The van der Waals surface area contributed by atoms with Gasteiger partial charge in [0.1, 0.15) is 11.3 Å². The number of rotatable bonds is 4. The van der Waals surface area contributed by atoms with E-state index in [4.69, 9.17) is 16.4 Å². The van der Waals surface area contributed by atoms with Gasteiger partial charge >= 0.3 is 0 Å². The molecule has 2 aromatic rings. The number of piperidine rings is 1. The molecule has 2 aliphatic heterocycles. The van der Waals surface area contributed by atoms with E-state index in [1.54, 1.807) is 0 Å². The third-order valence-electron chi connectivity index (χ3n) is 6.18. The lowest BCUT2D eigenvalue weighted by atomic mass is 9.84. The van der Waals surface area contributed by atoms with Gasteiger partial charge in [-0.15, -0.1) is 0 Å². The van der Waals surface area contributed by atoms with Crippen LogP contribution in [0.15, 0.2) is 42.2 Å². The summed E-state index contributed by atoms with van der Waals surface area (Å²) in [5, 5.41) is 33.3. The van der Waals surface area contributed by atoms with Gasteiger partial charge in [0.05, 0.1) is 5.57 Å². The van der Waals surface area contributed by atoms with E-state index < -0.39 is 18.2 Å². The van der Waals surface area contributed by atoms with Gasteiger partial charge in [-0.05, 0) is 66.6 Å². The van der Waals surface area contributed by atoms with E-state index in [2.05, 4.69) is 0 Å².